The summed E-state index contributed by atoms with van der Waals surface area (Å²) in [6.45, 7) is 1.40. The normalized spacial score (nSPS) is 18.6. The van der Waals surface area contributed by atoms with Gasteiger partial charge in [-0.05, 0) is 19.4 Å². The Morgan fingerprint density at radius 3 is 2.50 bits per heavy atom. The highest BCUT2D eigenvalue weighted by Gasteiger charge is 2.41. The van der Waals surface area contributed by atoms with E-state index in [1.165, 1.54) is 4.90 Å². The smallest absolute Gasteiger partial charge is 0.316 e. The largest absolute Gasteiger partial charge is 0.337 e. The number of nitrogens with zero attached hydrogens (tertiary/aromatic N) is 1. The van der Waals surface area contributed by atoms with E-state index >= 15 is 0 Å². The van der Waals surface area contributed by atoms with Crippen molar-refractivity contribution in [2.75, 3.05) is 27.2 Å². The molecule has 4 heteroatoms. The molecule has 1 rings (SSSR count). The fraction of sp³-hybridized carbons (Fsp3) is 0.875. The van der Waals surface area contributed by atoms with Crippen molar-refractivity contribution in [2.24, 2.45) is 11.1 Å². The second kappa shape index (κ2) is 3.31. The molecule has 0 heterocycles. The minimum absolute atomic E-state index is 0.0327. The van der Waals surface area contributed by atoms with Gasteiger partial charge in [0.25, 0.3) is 0 Å². The molecule has 4 nitrogen and oxygen atoms in total. The third-order valence-corrected chi connectivity index (χ3v) is 2.41. The Bertz CT molecular complexity index is 175. The number of nitrogens with one attached hydrogen (secondary N) is 1. The first-order valence-corrected chi connectivity index (χ1v) is 4.25. The van der Waals surface area contributed by atoms with Crippen LogP contribution in [0.25, 0.3) is 0 Å². The summed E-state index contributed by atoms with van der Waals surface area (Å²) in [5, 5.41) is 2.84. The molecule has 12 heavy (non-hydrogen) atoms. The van der Waals surface area contributed by atoms with Gasteiger partial charge in [-0.1, -0.05) is 0 Å². The van der Waals surface area contributed by atoms with Crippen molar-refractivity contribution in [3.63, 3.8) is 0 Å². The Balaban J connectivity index is 2.21. The second-order valence-electron chi connectivity index (χ2n) is 3.76. The third kappa shape index (κ3) is 2.11. The minimum Gasteiger partial charge on any atom is -0.337 e. The Morgan fingerprint density at radius 1 is 1.58 bits per heavy atom. The Labute approximate surface area is 73.1 Å². The summed E-state index contributed by atoms with van der Waals surface area (Å²) in [5.74, 6) is 0. The van der Waals surface area contributed by atoms with Crippen LogP contribution in [0.15, 0.2) is 0 Å². The van der Waals surface area contributed by atoms with Crippen LogP contribution in [0.4, 0.5) is 4.79 Å². The molecule has 0 atom stereocenters. The van der Waals surface area contributed by atoms with Gasteiger partial charge in [-0.15, -0.1) is 0 Å². The molecule has 0 bridgehead atoms. The van der Waals surface area contributed by atoms with E-state index in [-0.39, 0.29) is 11.4 Å². The average molecular weight is 171 g/mol. The third-order valence-electron chi connectivity index (χ3n) is 2.41. The molecule has 3 N–H and O–H groups in total. The van der Waals surface area contributed by atoms with Gasteiger partial charge in [-0.3, -0.25) is 0 Å². The highest BCUT2D eigenvalue weighted by atomic mass is 16.2. The van der Waals surface area contributed by atoms with E-state index in [2.05, 4.69) is 5.32 Å². The maximum atomic E-state index is 11.1. The molecule has 70 valence electrons. The Morgan fingerprint density at radius 2 is 2.17 bits per heavy atom. The van der Waals surface area contributed by atoms with Crippen LogP contribution in [-0.4, -0.2) is 38.1 Å². The van der Waals surface area contributed by atoms with Crippen molar-refractivity contribution in [2.45, 2.75) is 12.8 Å². The lowest BCUT2D eigenvalue weighted by Crippen LogP contribution is -2.39. The lowest BCUT2D eigenvalue weighted by molar-refractivity contribution is 0.215. The maximum Gasteiger partial charge on any atom is 0.316 e. The van der Waals surface area contributed by atoms with Gasteiger partial charge in [0.15, 0.2) is 0 Å². The van der Waals surface area contributed by atoms with Crippen LogP contribution in [0.1, 0.15) is 12.8 Å². The molecule has 1 aliphatic carbocycles. The number of nitrogens with two attached hydrogens (primary N) is 1. The number of carbonyl (C=O) groups excluding carboxylic acids is 1. The number of hydrogen-bond donors (Lipinski definition) is 2. The molecule has 0 spiro atoms. The van der Waals surface area contributed by atoms with E-state index in [0.717, 1.165) is 19.4 Å². The molecule has 0 saturated heterocycles. The predicted molar refractivity (Wildman–Crippen MR) is 47.8 cm³/mol. The molecule has 1 aliphatic rings. The Hall–Kier alpha value is -0.770. The van der Waals surface area contributed by atoms with Gasteiger partial charge in [-0.25, -0.2) is 4.79 Å². The van der Waals surface area contributed by atoms with E-state index in [9.17, 15) is 4.79 Å². The van der Waals surface area contributed by atoms with Crippen molar-refractivity contribution in [3.05, 3.63) is 0 Å². The summed E-state index contributed by atoms with van der Waals surface area (Å²) in [6.07, 6.45) is 2.30. The van der Waals surface area contributed by atoms with Crippen molar-refractivity contribution < 1.29 is 4.79 Å². The van der Waals surface area contributed by atoms with Gasteiger partial charge in [-0.2, -0.15) is 0 Å². The number of hydrogen-bond acceptors (Lipinski definition) is 2. The molecule has 0 aromatic carbocycles. The zero-order chi connectivity index (χ0) is 9.19. The number of amides is 2. The highest BCUT2D eigenvalue weighted by molar-refractivity contribution is 5.73. The quantitative estimate of drug-likeness (QED) is 0.627. The molecule has 0 aromatic heterocycles. The molecular weight excluding hydrogens is 154 g/mol. The van der Waals surface area contributed by atoms with Crippen molar-refractivity contribution >= 4 is 6.03 Å². The summed E-state index contributed by atoms with van der Waals surface area (Å²) in [4.78, 5) is 12.6. The Kier molecular flexibility index (Phi) is 2.57. The van der Waals surface area contributed by atoms with Crippen molar-refractivity contribution in [1.82, 2.24) is 10.2 Å². The van der Waals surface area contributed by atoms with Crippen molar-refractivity contribution in [1.29, 1.82) is 0 Å². The number of urea groups is 1. The first-order valence-electron chi connectivity index (χ1n) is 4.25. The summed E-state index contributed by atoms with van der Waals surface area (Å²) in [7, 11) is 3.47. The standard InChI is InChI=1S/C8H17N3O/c1-11(2)7(12)10-6-8(5-9)3-4-8/h3-6,9H2,1-2H3,(H,10,12). The van der Waals surface area contributed by atoms with Crippen molar-refractivity contribution in [3.8, 4) is 0 Å². The zero-order valence-electron chi connectivity index (χ0n) is 7.76. The SMILES string of the molecule is CN(C)C(=O)NCC1(CN)CC1. The van der Waals surface area contributed by atoms with E-state index in [4.69, 9.17) is 5.73 Å². The van der Waals surface area contributed by atoms with Crippen LogP contribution in [0.3, 0.4) is 0 Å². The van der Waals surface area contributed by atoms with Gasteiger partial charge in [0.1, 0.15) is 0 Å². The molecule has 0 unspecified atom stereocenters. The molecule has 1 fully saturated rings. The van der Waals surface area contributed by atoms with Gasteiger partial charge in [0.05, 0.1) is 0 Å². The molecular formula is C8H17N3O. The van der Waals surface area contributed by atoms with E-state index < -0.39 is 0 Å². The fourth-order valence-corrected chi connectivity index (χ4v) is 1.05. The lowest BCUT2D eigenvalue weighted by atomic mass is 10.1. The van der Waals surface area contributed by atoms with Crippen LogP contribution in [0, 0.1) is 5.41 Å². The summed E-state index contributed by atoms with van der Waals surface area (Å²) in [6, 6.07) is -0.0327. The van der Waals surface area contributed by atoms with E-state index in [0.29, 0.717) is 6.54 Å². The van der Waals surface area contributed by atoms with Gasteiger partial charge in [0.2, 0.25) is 0 Å². The van der Waals surface area contributed by atoms with Gasteiger partial charge < -0.3 is 16.0 Å². The number of carbonyl (C=O) groups is 1. The van der Waals surface area contributed by atoms with Crippen LogP contribution >= 0.6 is 0 Å². The number of rotatable bonds is 3. The van der Waals surface area contributed by atoms with E-state index in [1.807, 2.05) is 0 Å². The molecule has 0 radical (unpaired) electrons. The molecule has 0 aromatic rings. The first kappa shape index (κ1) is 9.32. The topological polar surface area (TPSA) is 58.4 Å². The summed E-state index contributed by atoms with van der Waals surface area (Å²) in [5.41, 5.74) is 5.79. The highest BCUT2D eigenvalue weighted by Crippen LogP contribution is 2.43. The molecule has 2 amide bonds. The predicted octanol–water partition coefficient (Wildman–Crippen LogP) is -0.00350. The monoisotopic (exact) mass is 171 g/mol. The van der Waals surface area contributed by atoms with Crippen LogP contribution < -0.4 is 11.1 Å². The maximum absolute atomic E-state index is 11.1. The molecule has 0 aliphatic heterocycles. The van der Waals surface area contributed by atoms with Crippen LogP contribution in [-0.2, 0) is 0 Å². The van der Waals surface area contributed by atoms with Gasteiger partial charge in [0, 0.05) is 26.1 Å². The first-order chi connectivity index (χ1) is 5.59. The lowest BCUT2D eigenvalue weighted by Gasteiger charge is -2.16. The van der Waals surface area contributed by atoms with Crippen LogP contribution in [0.5, 0.6) is 0 Å². The summed E-state index contributed by atoms with van der Waals surface area (Å²) >= 11 is 0. The van der Waals surface area contributed by atoms with Crippen LogP contribution in [0.2, 0.25) is 0 Å². The zero-order valence-corrected chi connectivity index (χ0v) is 7.76. The van der Waals surface area contributed by atoms with E-state index in [1.54, 1.807) is 14.1 Å². The summed E-state index contributed by atoms with van der Waals surface area (Å²) < 4.78 is 0. The average Bonchev–Trinajstić information content (AvgIpc) is 2.81. The minimum atomic E-state index is -0.0327. The van der Waals surface area contributed by atoms with Gasteiger partial charge >= 0.3 is 6.03 Å². The fourth-order valence-electron chi connectivity index (χ4n) is 1.05. The molecule has 1 saturated carbocycles. The second-order valence-corrected chi connectivity index (χ2v) is 3.76.